The first-order chi connectivity index (χ1) is 19.4. The first kappa shape index (κ1) is 21.0. The minimum absolute atomic E-state index is 0.0507. The summed E-state index contributed by atoms with van der Waals surface area (Å²) in [6.07, 6.45) is 8.70. The molecule has 2 atom stereocenters. The second-order valence-electron chi connectivity index (χ2n) is 10.5. The first-order valence-electron chi connectivity index (χ1n) is 13.5. The zero-order valence-electron chi connectivity index (χ0n) is 21.2. The molecule has 1 aliphatic carbocycles. The van der Waals surface area contributed by atoms with Crippen LogP contribution in [0, 0.1) is 0 Å². The van der Waals surface area contributed by atoms with E-state index in [0.717, 1.165) is 11.4 Å². The molecular weight excluding hydrogens is 476 g/mol. The molecule has 3 heterocycles. The van der Waals surface area contributed by atoms with Gasteiger partial charge in [-0.2, -0.15) is 0 Å². The average Bonchev–Trinajstić information content (AvgIpc) is 3.64. The molecule has 0 bridgehead atoms. The van der Waals surface area contributed by atoms with Crippen molar-refractivity contribution in [2.24, 2.45) is 0 Å². The Kier molecular flexibility index (Phi) is 4.17. The summed E-state index contributed by atoms with van der Waals surface area (Å²) in [6, 6.07) is 39.5. The Bertz CT molecular complexity index is 2160. The molecule has 0 saturated carbocycles. The van der Waals surface area contributed by atoms with E-state index in [9.17, 15) is 0 Å². The van der Waals surface area contributed by atoms with Crippen LogP contribution >= 0.6 is 0 Å². The molecule has 0 fully saturated rings. The largest absolute Gasteiger partial charge is 0.483 e. The van der Waals surface area contributed by atoms with Crippen molar-refractivity contribution in [3.05, 3.63) is 139 Å². The number of hydrogen-bond acceptors (Lipinski definition) is 1. The number of para-hydroxylation sites is 4. The Morgan fingerprint density at radius 3 is 1.92 bits per heavy atom. The van der Waals surface area contributed by atoms with Gasteiger partial charge < -0.3 is 13.9 Å². The van der Waals surface area contributed by atoms with E-state index in [1.54, 1.807) is 0 Å². The smallest absolute Gasteiger partial charge is 0.148 e. The molecule has 2 aliphatic rings. The van der Waals surface area contributed by atoms with Crippen molar-refractivity contribution in [1.29, 1.82) is 0 Å². The van der Waals surface area contributed by atoms with Gasteiger partial charge in [0.15, 0.2) is 0 Å². The van der Waals surface area contributed by atoms with Crippen LogP contribution in [0.1, 0.15) is 11.5 Å². The molecule has 1 aliphatic heterocycles. The van der Waals surface area contributed by atoms with E-state index >= 15 is 0 Å². The fourth-order valence-corrected chi connectivity index (χ4v) is 6.77. The molecule has 0 amide bonds. The predicted octanol–water partition coefficient (Wildman–Crippen LogP) is 8.85. The Balaban J connectivity index is 1.41. The fraction of sp³-hybridized carbons (Fsp3) is 0.0556. The third-order valence-electron chi connectivity index (χ3n) is 8.44. The summed E-state index contributed by atoms with van der Waals surface area (Å²) >= 11 is 0. The van der Waals surface area contributed by atoms with Gasteiger partial charge in [-0.3, -0.25) is 0 Å². The lowest BCUT2D eigenvalue weighted by Gasteiger charge is -2.14. The molecule has 184 valence electrons. The zero-order chi connectivity index (χ0) is 25.5. The number of nitrogens with zero attached hydrogens (tertiary/aromatic N) is 2. The second kappa shape index (κ2) is 7.75. The van der Waals surface area contributed by atoms with Gasteiger partial charge in [0, 0.05) is 38.7 Å². The van der Waals surface area contributed by atoms with Crippen LogP contribution in [0.3, 0.4) is 0 Å². The number of benzene rings is 5. The topological polar surface area (TPSA) is 19.1 Å². The molecule has 2 aromatic heterocycles. The quantitative estimate of drug-likeness (QED) is 0.232. The summed E-state index contributed by atoms with van der Waals surface area (Å²) in [6.45, 7) is 0. The van der Waals surface area contributed by atoms with Gasteiger partial charge in [0.2, 0.25) is 0 Å². The van der Waals surface area contributed by atoms with Crippen LogP contribution in [-0.4, -0.2) is 15.2 Å². The van der Waals surface area contributed by atoms with Crippen molar-refractivity contribution in [2.45, 2.75) is 12.0 Å². The molecule has 7 aromatic rings. The zero-order valence-corrected chi connectivity index (χ0v) is 21.2. The van der Waals surface area contributed by atoms with Crippen molar-refractivity contribution in [2.75, 3.05) is 0 Å². The lowest BCUT2D eigenvalue weighted by molar-refractivity contribution is 0.268. The number of allylic oxidation sites excluding steroid dienone is 2. The van der Waals surface area contributed by atoms with Crippen molar-refractivity contribution in [3.8, 4) is 17.1 Å². The fourth-order valence-electron chi connectivity index (χ4n) is 6.77. The maximum absolute atomic E-state index is 6.62. The van der Waals surface area contributed by atoms with Crippen LogP contribution in [0.4, 0.5) is 0 Å². The molecule has 0 spiro atoms. The average molecular weight is 501 g/mol. The maximum Gasteiger partial charge on any atom is 0.148 e. The van der Waals surface area contributed by atoms with Gasteiger partial charge in [-0.05, 0) is 48.5 Å². The van der Waals surface area contributed by atoms with Crippen molar-refractivity contribution >= 4 is 43.6 Å². The molecule has 9 rings (SSSR count). The van der Waals surface area contributed by atoms with Gasteiger partial charge in [0.25, 0.3) is 0 Å². The highest BCUT2D eigenvalue weighted by atomic mass is 16.5. The number of ether oxygens (including phenoxy) is 1. The normalized spacial score (nSPS) is 17.7. The summed E-state index contributed by atoms with van der Waals surface area (Å²) in [5.74, 6) is 1.24. The highest BCUT2D eigenvalue weighted by Gasteiger charge is 2.34. The van der Waals surface area contributed by atoms with Gasteiger partial charge in [-0.25, -0.2) is 0 Å². The summed E-state index contributed by atoms with van der Waals surface area (Å²) < 4.78 is 11.4. The van der Waals surface area contributed by atoms with Crippen LogP contribution in [0.2, 0.25) is 0 Å². The van der Waals surface area contributed by atoms with E-state index in [2.05, 4.69) is 143 Å². The number of fused-ring (bicyclic) bond motifs is 9. The van der Waals surface area contributed by atoms with Crippen LogP contribution in [0.15, 0.2) is 133 Å². The summed E-state index contributed by atoms with van der Waals surface area (Å²) in [4.78, 5) is 0. The molecule has 39 heavy (non-hydrogen) atoms. The van der Waals surface area contributed by atoms with E-state index in [4.69, 9.17) is 4.74 Å². The van der Waals surface area contributed by atoms with E-state index in [1.807, 2.05) is 0 Å². The molecule has 2 unspecified atom stereocenters. The van der Waals surface area contributed by atoms with Crippen molar-refractivity contribution in [1.82, 2.24) is 9.13 Å². The van der Waals surface area contributed by atoms with Gasteiger partial charge in [0.1, 0.15) is 11.9 Å². The molecule has 0 saturated heterocycles. The van der Waals surface area contributed by atoms with Crippen LogP contribution in [-0.2, 0) is 0 Å². The van der Waals surface area contributed by atoms with E-state index in [1.165, 1.54) is 54.9 Å². The standard InChI is InChI=1S/C36H24N2O/c1-2-11-23(12-3-1)37-30-17-7-4-13-24(30)28-22-34-29(21-33(28)37)25-14-5-8-18-31(25)38(34)32-19-10-16-27-26-15-6-9-20-35(26)39-36(27)32/h1-22,26,35H. The number of hydrogen-bond donors (Lipinski definition) is 0. The van der Waals surface area contributed by atoms with E-state index in [0.29, 0.717) is 0 Å². The molecule has 0 N–H and O–H groups in total. The monoisotopic (exact) mass is 500 g/mol. The minimum Gasteiger partial charge on any atom is -0.483 e. The predicted molar refractivity (Wildman–Crippen MR) is 161 cm³/mol. The summed E-state index contributed by atoms with van der Waals surface area (Å²) in [5.41, 5.74) is 8.34. The molecule has 0 radical (unpaired) electrons. The second-order valence-corrected chi connectivity index (χ2v) is 10.5. The SMILES string of the molecule is C1=CC2Oc3c(cccc3-n3c4ccccc4c4cc5c(cc43)c3ccccc3n5-c3ccccc3)C2C=C1. The Morgan fingerprint density at radius 1 is 0.513 bits per heavy atom. The summed E-state index contributed by atoms with van der Waals surface area (Å²) in [5, 5.41) is 4.99. The summed E-state index contributed by atoms with van der Waals surface area (Å²) in [7, 11) is 0. The van der Waals surface area contributed by atoms with Crippen molar-refractivity contribution < 1.29 is 4.74 Å². The third-order valence-corrected chi connectivity index (χ3v) is 8.44. The van der Waals surface area contributed by atoms with E-state index < -0.39 is 0 Å². The Morgan fingerprint density at radius 2 is 1.15 bits per heavy atom. The number of aromatic nitrogens is 2. The van der Waals surface area contributed by atoms with Gasteiger partial charge in [0.05, 0.1) is 27.8 Å². The van der Waals surface area contributed by atoms with Crippen LogP contribution in [0.25, 0.3) is 55.0 Å². The minimum atomic E-state index is 0.0507. The molecule has 3 heteroatoms. The van der Waals surface area contributed by atoms with Crippen LogP contribution < -0.4 is 4.74 Å². The Labute approximate surface area is 225 Å². The molecule has 3 nitrogen and oxygen atoms in total. The molecular formula is C36H24N2O. The van der Waals surface area contributed by atoms with E-state index in [-0.39, 0.29) is 12.0 Å². The maximum atomic E-state index is 6.62. The molecule has 5 aromatic carbocycles. The lowest BCUT2D eigenvalue weighted by Crippen LogP contribution is -2.15. The third kappa shape index (κ3) is 2.82. The van der Waals surface area contributed by atoms with Crippen molar-refractivity contribution in [3.63, 3.8) is 0 Å². The highest BCUT2D eigenvalue weighted by molar-refractivity contribution is 6.19. The first-order valence-corrected chi connectivity index (χ1v) is 13.5. The lowest BCUT2D eigenvalue weighted by atomic mass is 9.92. The highest BCUT2D eigenvalue weighted by Crippen LogP contribution is 2.47. The van der Waals surface area contributed by atoms with Gasteiger partial charge >= 0.3 is 0 Å². The van der Waals surface area contributed by atoms with Gasteiger partial charge in [-0.15, -0.1) is 0 Å². The van der Waals surface area contributed by atoms with Gasteiger partial charge in [-0.1, -0.05) is 85.0 Å². The Hall–Kier alpha value is -5.02. The number of rotatable bonds is 2. The van der Waals surface area contributed by atoms with Crippen LogP contribution in [0.5, 0.6) is 5.75 Å².